The Labute approximate surface area is 81.4 Å². The summed E-state index contributed by atoms with van der Waals surface area (Å²) >= 11 is 0. The molecule has 0 amide bonds. The fraction of sp³-hybridized carbons (Fsp3) is 0.375. The Kier molecular flexibility index (Phi) is 2.94. The van der Waals surface area contributed by atoms with Crippen LogP contribution in [0.2, 0.25) is 0 Å². The van der Waals surface area contributed by atoms with Crippen molar-refractivity contribution in [2.45, 2.75) is 18.2 Å². The molecule has 15 heavy (non-hydrogen) atoms. The molecule has 1 atom stereocenters. The zero-order chi connectivity index (χ0) is 11.7. The second-order valence-corrected chi connectivity index (χ2v) is 2.81. The molecule has 1 aromatic rings. The Morgan fingerprint density at radius 3 is 2.20 bits per heavy atom. The molecular weight excluding hydrogens is 221 g/mol. The number of nitrogens with zero attached hydrogens (tertiary/aromatic N) is 1. The molecule has 84 valence electrons. The van der Waals surface area contributed by atoms with Crippen LogP contribution in [0.1, 0.15) is 11.7 Å². The molecule has 1 heterocycles. The fourth-order valence-corrected chi connectivity index (χ4v) is 0.902. The summed E-state index contributed by atoms with van der Waals surface area (Å²) in [4.78, 5) is 3.34. The summed E-state index contributed by atoms with van der Waals surface area (Å²) in [6.45, 7) is 0. The monoisotopic (exact) mass is 227 g/mol. The number of pyridine rings is 1. The maximum Gasteiger partial charge on any atom is 0.456 e. The molecule has 1 unspecified atom stereocenters. The van der Waals surface area contributed by atoms with Crippen LogP contribution in [0, 0.1) is 0 Å². The highest BCUT2D eigenvalue weighted by Gasteiger charge is 2.62. The van der Waals surface area contributed by atoms with Crippen molar-refractivity contribution in [2.75, 3.05) is 0 Å². The fourth-order valence-electron chi connectivity index (χ4n) is 0.902. The van der Waals surface area contributed by atoms with Gasteiger partial charge in [-0.1, -0.05) is 6.07 Å². The van der Waals surface area contributed by atoms with E-state index in [0.29, 0.717) is 0 Å². The van der Waals surface area contributed by atoms with Crippen LogP contribution in [0.5, 0.6) is 0 Å². The first-order valence-electron chi connectivity index (χ1n) is 3.79. The third kappa shape index (κ3) is 2.23. The molecule has 0 saturated heterocycles. The average molecular weight is 227 g/mol. The van der Waals surface area contributed by atoms with Crippen LogP contribution >= 0.6 is 0 Å². The van der Waals surface area contributed by atoms with Gasteiger partial charge in [0.25, 0.3) is 0 Å². The predicted molar refractivity (Wildman–Crippen MR) is 40.2 cm³/mol. The summed E-state index contributed by atoms with van der Waals surface area (Å²) in [5, 5.41) is 8.87. The lowest BCUT2D eigenvalue weighted by atomic mass is 10.1. The lowest BCUT2D eigenvalue weighted by Gasteiger charge is -2.24. The first-order chi connectivity index (χ1) is 6.77. The van der Waals surface area contributed by atoms with Gasteiger partial charge in [-0.3, -0.25) is 4.98 Å². The van der Waals surface area contributed by atoms with Crippen molar-refractivity contribution in [3.05, 3.63) is 30.1 Å². The first-order valence-corrected chi connectivity index (χ1v) is 3.79. The minimum absolute atomic E-state index is 0.583. The number of aliphatic hydroxyl groups is 1. The van der Waals surface area contributed by atoms with Gasteiger partial charge in [-0.15, -0.1) is 0 Å². The largest absolute Gasteiger partial charge is 0.456 e. The number of aromatic nitrogens is 1. The molecule has 0 aromatic carbocycles. The Morgan fingerprint density at radius 2 is 1.80 bits per heavy atom. The normalized spacial score (nSPS) is 15.1. The number of hydrogen-bond acceptors (Lipinski definition) is 2. The predicted octanol–water partition coefficient (Wildman–Crippen LogP) is 2.31. The van der Waals surface area contributed by atoms with E-state index in [9.17, 15) is 22.0 Å². The Morgan fingerprint density at radius 1 is 1.20 bits per heavy atom. The quantitative estimate of drug-likeness (QED) is 0.786. The Bertz CT molecular complexity index is 324. The van der Waals surface area contributed by atoms with Gasteiger partial charge in [0.05, 0.1) is 0 Å². The number of rotatable bonds is 2. The molecule has 0 fully saturated rings. The Hall–Kier alpha value is -1.24. The van der Waals surface area contributed by atoms with Gasteiger partial charge in [0.15, 0.2) is 6.10 Å². The van der Waals surface area contributed by atoms with E-state index in [1.165, 1.54) is 6.20 Å². The van der Waals surface area contributed by atoms with E-state index in [1.807, 2.05) is 0 Å². The third-order valence-electron chi connectivity index (χ3n) is 1.72. The highest BCUT2D eigenvalue weighted by molar-refractivity contribution is 5.15. The van der Waals surface area contributed by atoms with Gasteiger partial charge in [-0.25, -0.2) is 0 Å². The van der Waals surface area contributed by atoms with Crippen molar-refractivity contribution in [3.8, 4) is 0 Å². The van der Waals surface area contributed by atoms with E-state index < -0.39 is 23.8 Å². The highest BCUT2D eigenvalue weighted by atomic mass is 19.4. The van der Waals surface area contributed by atoms with Crippen LogP contribution in [-0.2, 0) is 0 Å². The topological polar surface area (TPSA) is 33.1 Å². The SMILES string of the molecule is OC(c1cccnc1)C(F)(F)C(F)(F)F. The van der Waals surface area contributed by atoms with Gasteiger partial charge in [0.2, 0.25) is 0 Å². The smallest absolute Gasteiger partial charge is 0.382 e. The van der Waals surface area contributed by atoms with E-state index in [2.05, 4.69) is 4.98 Å². The van der Waals surface area contributed by atoms with E-state index in [-0.39, 0.29) is 0 Å². The molecule has 0 bridgehead atoms. The second-order valence-electron chi connectivity index (χ2n) is 2.81. The molecule has 7 heteroatoms. The summed E-state index contributed by atoms with van der Waals surface area (Å²) in [7, 11) is 0. The first kappa shape index (κ1) is 11.8. The van der Waals surface area contributed by atoms with Crippen LogP contribution in [0.15, 0.2) is 24.5 Å². The van der Waals surface area contributed by atoms with Crippen LogP contribution < -0.4 is 0 Å². The minimum Gasteiger partial charge on any atom is -0.382 e. The van der Waals surface area contributed by atoms with Crippen molar-refractivity contribution in [1.29, 1.82) is 0 Å². The lowest BCUT2D eigenvalue weighted by molar-refractivity contribution is -0.315. The van der Waals surface area contributed by atoms with E-state index >= 15 is 0 Å². The zero-order valence-corrected chi connectivity index (χ0v) is 7.17. The molecule has 2 nitrogen and oxygen atoms in total. The van der Waals surface area contributed by atoms with E-state index in [4.69, 9.17) is 5.11 Å². The summed E-state index contributed by atoms with van der Waals surface area (Å²) in [6.07, 6.45) is -6.78. The molecule has 0 saturated carbocycles. The Balaban J connectivity index is 3.00. The molecule has 1 N–H and O–H groups in total. The van der Waals surface area contributed by atoms with Crippen LogP contribution in [0.3, 0.4) is 0 Å². The lowest BCUT2D eigenvalue weighted by Crippen LogP contribution is -2.42. The molecule has 0 spiro atoms. The summed E-state index contributed by atoms with van der Waals surface area (Å²) in [6, 6.07) is 2.10. The van der Waals surface area contributed by atoms with Gasteiger partial charge in [0, 0.05) is 18.0 Å². The third-order valence-corrected chi connectivity index (χ3v) is 1.72. The van der Waals surface area contributed by atoms with Gasteiger partial charge < -0.3 is 5.11 Å². The van der Waals surface area contributed by atoms with Crippen LogP contribution in [0.25, 0.3) is 0 Å². The molecule has 0 aliphatic rings. The van der Waals surface area contributed by atoms with E-state index in [1.54, 1.807) is 0 Å². The highest BCUT2D eigenvalue weighted by Crippen LogP contribution is 2.44. The van der Waals surface area contributed by atoms with Crippen LogP contribution in [0.4, 0.5) is 22.0 Å². The summed E-state index contributed by atoms with van der Waals surface area (Å²) in [5.74, 6) is -5.18. The molecule has 0 aliphatic carbocycles. The average Bonchev–Trinajstić information content (AvgIpc) is 2.16. The number of halogens is 5. The van der Waals surface area contributed by atoms with Crippen molar-refractivity contribution in [2.24, 2.45) is 0 Å². The van der Waals surface area contributed by atoms with Crippen molar-refractivity contribution < 1.29 is 27.1 Å². The zero-order valence-electron chi connectivity index (χ0n) is 7.17. The maximum atomic E-state index is 12.6. The van der Waals surface area contributed by atoms with Crippen molar-refractivity contribution >= 4 is 0 Å². The molecule has 0 radical (unpaired) electrons. The van der Waals surface area contributed by atoms with E-state index in [0.717, 1.165) is 18.3 Å². The van der Waals surface area contributed by atoms with Gasteiger partial charge in [-0.2, -0.15) is 22.0 Å². The second kappa shape index (κ2) is 3.73. The van der Waals surface area contributed by atoms with Gasteiger partial charge >= 0.3 is 12.1 Å². The maximum absolute atomic E-state index is 12.6. The standard InChI is InChI=1S/C8H6F5NO/c9-7(10,8(11,12)13)6(15)5-2-1-3-14-4-5/h1-4,6,15H. The van der Waals surface area contributed by atoms with Crippen molar-refractivity contribution in [1.82, 2.24) is 4.98 Å². The molecule has 0 aliphatic heterocycles. The number of hydrogen-bond donors (Lipinski definition) is 1. The van der Waals surface area contributed by atoms with Gasteiger partial charge in [-0.05, 0) is 6.07 Å². The van der Waals surface area contributed by atoms with Crippen molar-refractivity contribution in [3.63, 3.8) is 0 Å². The number of aliphatic hydroxyl groups excluding tert-OH is 1. The molecule has 1 rings (SSSR count). The minimum atomic E-state index is -5.79. The molecular formula is C8H6F5NO. The molecule has 1 aromatic heterocycles. The summed E-state index contributed by atoms with van der Waals surface area (Å²) in [5.41, 5.74) is -0.583. The summed E-state index contributed by atoms with van der Waals surface area (Å²) < 4.78 is 60.7. The number of alkyl halides is 5. The van der Waals surface area contributed by atoms with Gasteiger partial charge in [0.1, 0.15) is 0 Å². The van der Waals surface area contributed by atoms with Crippen LogP contribution in [-0.4, -0.2) is 22.2 Å².